The molecular weight excluding hydrogens is 367 g/mol. The molecule has 5 heteroatoms. The van der Waals surface area contributed by atoms with Crippen LogP contribution in [-0.2, 0) is 6.61 Å². The number of rotatable bonds is 8. The van der Waals surface area contributed by atoms with Crippen molar-refractivity contribution in [3.8, 4) is 11.5 Å². The molecule has 4 nitrogen and oxygen atoms in total. The van der Waals surface area contributed by atoms with E-state index in [4.69, 9.17) is 9.47 Å². The highest BCUT2D eigenvalue weighted by Gasteiger charge is 2.08. The van der Waals surface area contributed by atoms with Crippen molar-refractivity contribution >= 4 is 11.9 Å². The Bertz CT molecular complexity index is 1000. The largest absolute Gasteiger partial charge is 0.490 e. The maximum atomic E-state index is 13.8. The summed E-state index contributed by atoms with van der Waals surface area (Å²) >= 11 is 0. The van der Waals surface area contributed by atoms with Gasteiger partial charge >= 0.3 is 0 Å². The lowest BCUT2D eigenvalue weighted by molar-refractivity contribution is 0.266. The predicted molar refractivity (Wildman–Crippen MR) is 115 cm³/mol. The summed E-state index contributed by atoms with van der Waals surface area (Å²) in [5.41, 5.74) is 7.78. The third-order valence-corrected chi connectivity index (χ3v) is 4.52. The Hall–Kier alpha value is -3.34. The zero-order chi connectivity index (χ0) is 20.6. The summed E-state index contributed by atoms with van der Waals surface area (Å²) in [4.78, 5) is 0. The van der Waals surface area contributed by atoms with Crippen LogP contribution in [0.25, 0.3) is 0 Å². The van der Waals surface area contributed by atoms with Crippen LogP contribution in [0.5, 0.6) is 11.5 Å². The molecule has 0 unspecified atom stereocenters. The molecule has 0 spiro atoms. The monoisotopic (exact) mass is 392 g/mol. The Kier molecular flexibility index (Phi) is 6.85. The molecule has 29 heavy (non-hydrogen) atoms. The predicted octanol–water partition coefficient (Wildman–Crippen LogP) is 5.87. The van der Waals surface area contributed by atoms with Gasteiger partial charge in [0.25, 0.3) is 0 Å². The van der Waals surface area contributed by atoms with Crippen molar-refractivity contribution in [1.82, 2.24) is 0 Å². The molecule has 1 N–H and O–H groups in total. The van der Waals surface area contributed by atoms with E-state index in [2.05, 4.69) is 36.5 Å². The first-order chi connectivity index (χ1) is 14.1. The molecule has 0 bridgehead atoms. The normalized spacial score (nSPS) is 10.9. The smallest absolute Gasteiger partial charge is 0.161 e. The zero-order valence-electron chi connectivity index (χ0n) is 16.9. The van der Waals surface area contributed by atoms with E-state index in [1.807, 2.05) is 31.2 Å². The van der Waals surface area contributed by atoms with E-state index in [0.29, 0.717) is 23.7 Å². The van der Waals surface area contributed by atoms with Crippen LogP contribution in [0, 0.1) is 19.7 Å². The number of nitrogens with one attached hydrogen (secondary N) is 1. The van der Waals surface area contributed by atoms with Crippen molar-refractivity contribution in [1.29, 1.82) is 0 Å². The van der Waals surface area contributed by atoms with Crippen LogP contribution in [0.15, 0.2) is 65.8 Å². The zero-order valence-corrected chi connectivity index (χ0v) is 16.9. The van der Waals surface area contributed by atoms with Crippen LogP contribution < -0.4 is 14.9 Å². The fraction of sp³-hybridized carbons (Fsp3) is 0.208. The van der Waals surface area contributed by atoms with Gasteiger partial charge in [0.2, 0.25) is 0 Å². The molecule has 3 rings (SSSR count). The van der Waals surface area contributed by atoms with Crippen molar-refractivity contribution in [2.24, 2.45) is 5.10 Å². The number of ether oxygens (including phenoxy) is 2. The van der Waals surface area contributed by atoms with Crippen molar-refractivity contribution in [3.63, 3.8) is 0 Å². The summed E-state index contributed by atoms with van der Waals surface area (Å²) in [7, 11) is 0. The fourth-order valence-corrected chi connectivity index (χ4v) is 2.76. The summed E-state index contributed by atoms with van der Waals surface area (Å²) in [6, 6.07) is 18.2. The number of hydrogen-bond acceptors (Lipinski definition) is 4. The summed E-state index contributed by atoms with van der Waals surface area (Å²) in [6.07, 6.45) is 1.72. The number of anilines is 1. The molecule has 0 saturated heterocycles. The Labute approximate surface area is 171 Å². The molecule has 0 heterocycles. The molecule has 0 aliphatic heterocycles. The van der Waals surface area contributed by atoms with Crippen LogP contribution in [0.2, 0.25) is 0 Å². The second-order valence-corrected chi connectivity index (χ2v) is 6.69. The van der Waals surface area contributed by atoms with Crippen molar-refractivity contribution in [3.05, 3.63) is 88.7 Å². The number of nitrogens with zero attached hydrogens (tertiary/aromatic N) is 1. The van der Waals surface area contributed by atoms with Gasteiger partial charge in [-0.25, -0.2) is 4.39 Å². The molecule has 150 valence electrons. The summed E-state index contributed by atoms with van der Waals surface area (Å²) in [5.74, 6) is 0.875. The minimum Gasteiger partial charge on any atom is -0.490 e. The second kappa shape index (κ2) is 9.73. The lowest BCUT2D eigenvalue weighted by Gasteiger charge is -2.13. The topological polar surface area (TPSA) is 42.8 Å². The lowest BCUT2D eigenvalue weighted by Crippen LogP contribution is -2.02. The molecule has 3 aromatic carbocycles. The van der Waals surface area contributed by atoms with Gasteiger partial charge in [0.05, 0.1) is 18.5 Å². The summed E-state index contributed by atoms with van der Waals surface area (Å²) < 4.78 is 25.3. The van der Waals surface area contributed by atoms with Gasteiger partial charge in [-0.05, 0) is 73.9 Å². The SMILES string of the molecule is CCOc1cc(/C=N/Nc2ccc(C)c(C)c2)ccc1OCc1ccccc1F. The molecule has 0 atom stereocenters. The average molecular weight is 392 g/mol. The van der Waals surface area contributed by atoms with E-state index >= 15 is 0 Å². The third-order valence-electron chi connectivity index (χ3n) is 4.52. The lowest BCUT2D eigenvalue weighted by atomic mass is 10.1. The van der Waals surface area contributed by atoms with Crippen molar-refractivity contribution < 1.29 is 13.9 Å². The van der Waals surface area contributed by atoms with Gasteiger partial charge in [0, 0.05) is 5.56 Å². The van der Waals surface area contributed by atoms with Crippen LogP contribution in [0.4, 0.5) is 10.1 Å². The molecular formula is C24H25FN2O2. The van der Waals surface area contributed by atoms with Crippen molar-refractivity contribution in [2.45, 2.75) is 27.4 Å². The van der Waals surface area contributed by atoms with E-state index in [1.165, 1.54) is 17.2 Å². The molecule has 3 aromatic rings. The molecule has 0 aromatic heterocycles. The highest BCUT2D eigenvalue weighted by Crippen LogP contribution is 2.29. The Morgan fingerprint density at radius 2 is 1.76 bits per heavy atom. The van der Waals surface area contributed by atoms with Gasteiger partial charge in [0.1, 0.15) is 12.4 Å². The molecule has 0 aliphatic carbocycles. The molecule has 0 fully saturated rings. The Morgan fingerprint density at radius 3 is 2.52 bits per heavy atom. The van der Waals surface area contributed by atoms with Gasteiger partial charge in [-0.2, -0.15) is 5.10 Å². The highest BCUT2D eigenvalue weighted by atomic mass is 19.1. The van der Waals surface area contributed by atoms with Gasteiger partial charge in [-0.15, -0.1) is 0 Å². The average Bonchev–Trinajstić information content (AvgIpc) is 2.71. The van der Waals surface area contributed by atoms with Crippen LogP contribution in [0.3, 0.4) is 0 Å². The maximum Gasteiger partial charge on any atom is 0.161 e. The van der Waals surface area contributed by atoms with E-state index < -0.39 is 0 Å². The fourth-order valence-electron chi connectivity index (χ4n) is 2.76. The van der Waals surface area contributed by atoms with Crippen LogP contribution in [0.1, 0.15) is 29.2 Å². The van der Waals surface area contributed by atoms with Gasteiger partial charge in [-0.3, -0.25) is 5.43 Å². The second-order valence-electron chi connectivity index (χ2n) is 6.69. The number of benzene rings is 3. The van der Waals surface area contributed by atoms with E-state index in [9.17, 15) is 4.39 Å². The number of hydrogen-bond donors (Lipinski definition) is 1. The first-order valence-electron chi connectivity index (χ1n) is 9.56. The number of hydrazone groups is 1. The minimum atomic E-state index is -0.286. The standard InChI is InChI=1S/C24H25FN2O2/c1-4-28-24-14-19(15-26-27-21-11-9-17(2)18(3)13-21)10-12-23(24)29-16-20-7-5-6-8-22(20)25/h5-15,27H,4,16H2,1-3H3/b26-15+. The number of aryl methyl sites for hydroxylation is 2. The Balaban J connectivity index is 1.69. The number of halogens is 1. The summed E-state index contributed by atoms with van der Waals surface area (Å²) in [6.45, 7) is 6.68. The van der Waals surface area contributed by atoms with E-state index in [-0.39, 0.29) is 12.4 Å². The maximum absolute atomic E-state index is 13.8. The first kappa shape index (κ1) is 20.4. The van der Waals surface area contributed by atoms with Gasteiger partial charge < -0.3 is 9.47 Å². The van der Waals surface area contributed by atoms with E-state index in [0.717, 1.165) is 11.3 Å². The van der Waals surface area contributed by atoms with Crippen LogP contribution in [-0.4, -0.2) is 12.8 Å². The highest BCUT2D eigenvalue weighted by molar-refractivity contribution is 5.81. The van der Waals surface area contributed by atoms with Crippen molar-refractivity contribution in [2.75, 3.05) is 12.0 Å². The van der Waals surface area contributed by atoms with E-state index in [1.54, 1.807) is 24.4 Å². The van der Waals surface area contributed by atoms with Gasteiger partial charge in [-0.1, -0.05) is 24.3 Å². The molecule has 0 amide bonds. The molecule has 0 radical (unpaired) electrons. The molecule has 0 saturated carbocycles. The molecule has 0 aliphatic rings. The minimum absolute atomic E-state index is 0.133. The van der Waals surface area contributed by atoms with Gasteiger partial charge in [0.15, 0.2) is 11.5 Å². The Morgan fingerprint density at radius 1 is 0.931 bits per heavy atom. The first-order valence-corrected chi connectivity index (χ1v) is 9.56. The summed E-state index contributed by atoms with van der Waals surface area (Å²) in [5, 5.41) is 4.30. The van der Waals surface area contributed by atoms with Crippen LogP contribution >= 0.6 is 0 Å². The third kappa shape index (κ3) is 5.57. The quantitative estimate of drug-likeness (QED) is 0.385.